The number of hydrogen-bond donors (Lipinski definition) is 2. The van der Waals surface area contributed by atoms with Crippen LogP contribution in [-0.4, -0.2) is 11.7 Å². The standard InChI is InChI=1S/C19H22N2O2/c20-13-15-7-11-17(12-8-15)19(23)16-9-5-14(6-10-16)3-1-2-4-18(21)22/h5-12H,1-4,13,20H2,(H2,21,22). The summed E-state index contributed by atoms with van der Waals surface area (Å²) in [6, 6.07) is 15.0. The Balaban J connectivity index is 1.95. The predicted molar refractivity (Wildman–Crippen MR) is 91.0 cm³/mol. The summed E-state index contributed by atoms with van der Waals surface area (Å²) >= 11 is 0. The molecule has 0 saturated carbocycles. The van der Waals surface area contributed by atoms with Crippen molar-refractivity contribution in [2.45, 2.75) is 32.2 Å². The first-order valence-corrected chi connectivity index (χ1v) is 7.81. The van der Waals surface area contributed by atoms with Crippen LogP contribution in [0, 0.1) is 0 Å². The van der Waals surface area contributed by atoms with Gasteiger partial charge >= 0.3 is 0 Å². The fourth-order valence-corrected chi connectivity index (χ4v) is 2.41. The highest BCUT2D eigenvalue weighted by molar-refractivity contribution is 6.08. The molecule has 1 amide bonds. The number of carbonyl (C=O) groups is 2. The van der Waals surface area contributed by atoms with Gasteiger partial charge in [-0.05, 0) is 30.4 Å². The lowest BCUT2D eigenvalue weighted by Crippen LogP contribution is -2.09. The maximum atomic E-state index is 12.4. The molecule has 2 aromatic carbocycles. The number of aryl methyl sites for hydroxylation is 1. The highest BCUT2D eigenvalue weighted by Gasteiger charge is 2.08. The van der Waals surface area contributed by atoms with Crippen LogP contribution in [0.15, 0.2) is 48.5 Å². The molecule has 0 aliphatic rings. The Morgan fingerprint density at radius 1 is 0.783 bits per heavy atom. The number of hydrogen-bond acceptors (Lipinski definition) is 3. The van der Waals surface area contributed by atoms with Gasteiger partial charge in [-0.15, -0.1) is 0 Å². The average molecular weight is 310 g/mol. The molecule has 4 N–H and O–H groups in total. The summed E-state index contributed by atoms with van der Waals surface area (Å²) in [7, 11) is 0. The number of amides is 1. The Bertz CT molecular complexity index is 661. The number of benzene rings is 2. The zero-order valence-electron chi connectivity index (χ0n) is 13.1. The van der Waals surface area contributed by atoms with Gasteiger partial charge in [-0.3, -0.25) is 9.59 Å². The van der Waals surface area contributed by atoms with Gasteiger partial charge in [0.05, 0.1) is 0 Å². The van der Waals surface area contributed by atoms with Crippen LogP contribution >= 0.6 is 0 Å². The van der Waals surface area contributed by atoms with Gasteiger partial charge in [0.2, 0.25) is 5.91 Å². The van der Waals surface area contributed by atoms with Crippen molar-refractivity contribution in [1.29, 1.82) is 0 Å². The number of primary amides is 1. The maximum absolute atomic E-state index is 12.4. The van der Waals surface area contributed by atoms with E-state index in [0.29, 0.717) is 24.1 Å². The molecule has 0 saturated heterocycles. The molecule has 0 atom stereocenters. The number of nitrogens with two attached hydrogens (primary N) is 2. The molecule has 0 fully saturated rings. The van der Waals surface area contributed by atoms with Crippen LogP contribution in [0.2, 0.25) is 0 Å². The number of rotatable bonds is 8. The summed E-state index contributed by atoms with van der Waals surface area (Å²) in [5.74, 6) is -0.250. The van der Waals surface area contributed by atoms with Crippen LogP contribution in [0.4, 0.5) is 0 Å². The van der Waals surface area contributed by atoms with Crippen molar-refractivity contribution in [3.63, 3.8) is 0 Å². The Hall–Kier alpha value is -2.46. The van der Waals surface area contributed by atoms with Gasteiger partial charge in [-0.2, -0.15) is 0 Å². The van der Waals surface area contributed by atoms with E-state index in [-0.39, 0.29) is 11.7 Å². The van der Waals surface area contributed by atoms with E-state index in [2.05, 4.69) is 0 Å². The van der Waals surface area contributed by atoms with Crippen molar-refractivity contribution in [3.05, 3.63) is 70.8 Å². The third kappa shape index (κ3) is 5.04. The molecule has 2 aromatic rings. The van der Waals surface area contributed by atoms with Crippen molar-refractivity contribution < 1.29 is 9.59 Å². The molecule has 0 unspecified atom stereocenters. The number of unbranched alkanes of at least 4 members (excludes halogenated alkanes) is 1. The molecular weight excluding hydrogens is 288 g/mol. The van der Waals surface area contributed by atoms with Crippen LogP contribution in [0.3, 0.4) is 0 Å². The van der Waals surface area contributed by atoms with Crippen LogP contribution in [0.5, 0.6) is 0 Å². The van der Waals surface area contributed by atoms with E-state index in [1.165, 1.54) is 0 Å². The molecule has 23 heavy (non-hydrogen) atoms. The van der Waals surface area contributed by atoms with Crippen LogP contribution in [-0.2, 0) is 17.8 Å². The molecule has 0 aromatic heterocycles. The third-order valence-corrected chi connectivity index (χ3v) is 3.81. The van der Waals surface area contributed by atoms with Crippen LogP contribution in [0.1, 0.15) is 46.3 Å². The van der Waals surface area contributed by atoms with E-state index >= 15 is 0 Å². The fraction of sp³-hybridized carbons (Fsp3) is 0.263. The SMILES string of the molecule is NCc1ccc(C(=O)c2ccc(CCCCC(N)=O)cc2)cc1. The predicted octanol–water partition coefficient (Wildman–Crippen LogP) is 2.57. The second kappa shape index (κ2) is 8.25. The first-order chi connectivity index (χ1) is 11.1. The van der Waals surface area contributed by atoms with Crippen molar-refractivity contribution in [3.8, 4) is 0 Å². The van der Waals surface area contributed by atoms with E-state index in [1.807, 2.05) is 48.5 Å². The number of carbonyl (C=O) groups excluding carboxylic acids is 2. The van der Waals surface area contributed by atoms with Gasteiger partial charge < -0.3 is 11.5 Å². The Labute approximate surface area is 136 Å². The molecule has 4 nitrogen and oxygen atoms in total. The summed E-state index contributed by atoms with van der Waals surface area (Å²) in [6.07, 6.45) is 3.02. The smallest absolute Gasteiger partial charge is 0.217 e. The summed E-state index contributed by atoms with van der Waals surface area (Å²) in [4.78, 5) is 23.1. The third-order valence-electron chi connectivity index (χ3n) is 3.81. The minimum atomic E-state index is -0.258. The Morgan fingerprint density at radius 3 is 1.78 bits per heavy atom. The molecular formula is C19H22N2O2. The minimum absolute atomic E-state index is 0.00819. The zero-order chi connectivity index (χ0) is 16.7. The summed E-state index contributed by atoms with van der Waals surface area (Å²) in [5, 5.41) is 0. The molecule has 0 radical (unpaired) electrons. The van der Waals surface area contributed by atoms with E-state index < -0.39 is 0 Å². The second-order valence-electron chi connectivity index (χ2n) is 5.60. The van der Waals surface area contributed by atoms with Crippen molar-refractivity contribution in [1.82, 2.24) is 0 Å². The quantitative estimate of drug-likeness (QED) is 0.580. The van der Waals surface area contributed by atoms with Gasteiger partial charge in [-0.25, -0.2) is 0 Å². The lowest BCUT2D eigenvalue weighted by atomic mass is 9.99. The number of ketones is 1. The molecule has 0 spiro atoms. The van der Waals surface area contributed by atoms with E-state index in [4.69, 9.17) is 11.5 Å². The molecule has 0 bridgehead atoms. The molecule has 2 rings (SSSR count). The molecule has 120 valence electrons. The summed E-state index contributed by atoms with van der Waals surface area (Å²) in [6.45, 7) is 0.471. The highest BCUT2D eigenvalue weighted by atomic mass is 16.1. The summed E-state index contributed by atoms with van der Waals surface area (Å²) < 4.78 is 0. The molecule has 0 aliphatic heterocycles. The average Bonchev–Trinajstić information content (AvgIpc) is 2.58. The second-order valence-corrected chi connectivity index (χ2v) is 5.60. The zero-order valence-corrected chi connectivity index (χ0v) is 13.1. The minimum Gasteiger partial charge on any atom is -0.370 e. The lowest BCUT2D eigenvalue weighted by molar-refractivity contribution is -0.118. The van der Waals surface area contributed by atoms with Gasteiger partial charge in [0.1, 0.15) is 0 Å². The molecule has 0 aliphatic carbocycles. The Kier molecular flexibility index (Phi) is 6.06. The van der Waals surface area contributed by atoms with Gasteiger partial charge in [0, 0.05) is 24.1 Å². The lowest BCUT2D eigenvalue weighted by Gasteiger charge is -2.05. The topological polar surface area (TPSA) is 86.2 Å². The van der Waals surface area contributed by atoms with Gasteiger partial charge in [-0.1, -0.05) is 48.5 Å². The summed E-state index contributed by atoms with van der Waals surface area (Å²) in [5.41, 5.74) is 14.2. The monoisotopic (exact) mass is 310 g/mol. The largest absolute Gasteiger partial charge is 0.370 e. The van der Waals surface area contributed by atoms with Gasteiger partial charge in [0.25, 0.3) is 0 Å². The van der Waals surface area contributed by atoms with Crippen molar-refractivity contribution >= 4 is 11.7 Å². The van der Waals surface area contributed by atoms with Crippen LogP contribution in [0.25, 0.3) is 0 Å². The van der Waals surface area contributed by atoms with E-state index in [1.54, 1.807) is 0 Å². The normalized spacial score (nSPS) is 10.5. The first-order valence-electron chi connectivity index (χ1n) is 7.81. The molecule has 4 heteroatoms. The molecule has 0 heterocycles. The van der Waals surface area contributed by atoms with Gasteiger partial charge in [0.15, 0.2) is 5.78 Å². The fourth-order valence-electron chi connectivity index (χ4n) is 2.41. The van der Waals surface area contributed by atoms with Crippen LogP contribution < -0.4 is 11.5 Å². The highest BCUT2D eigenvalue weighted by Crippen LogP contribution is 2.14. The Morgan fingerprint density at radius 2 is 1.30 bits per heavy atom. The maximum Gasteiger partial charge on any atom is 0.217 e. The van der Waals surface area contributed by atoms with Crippen molar-refractivity contribution in [2.75, 3.05) is 0 Å². The van der Waals surface area contributed by atoms with Crippen molar-refractivity contribution in [2.24, 2.45) is 11.5 Å². The van der Waals surface area contributed by atoms with E-state index in [0.717, 1.165) is 30.4 Å². The van der Waals surface area contributed by atoms with E-state index in [9.17, 15) is 9.59 Å². The first kappa shape index (κ1) is 16.9.